The predicted molar refractivity (Wildman–Crippen MR) is 52.4 cm³/mol. The molecule has 7 heteroatoms. The summed E-state index contributed by atoms with van der Waals surface area (Å²) in [6.45, 7) is 1.58. The van der Waals surface area contributed by atoms with Gasteiger partial charge in [0.1, 0.15) is 0 Å². The van der Waals surface area contributed by atoms with Crippen molar-refractivity contribution in [2.45, 2.75) is 12.8 Å². The quantitative estimate of drug-likeness (QED) is 0.703. The number of carboxylic acids is 1. The second kappa shape index (κ2) is 3.73. The fourth-order valence-electron chi connectivity index (χ4n) is 1.82. The molecule has 0 bridgehead atoms. The SMILES string of the molecule is O=C(O)C1CCN(S(=O)(=O)N2CCC2)C1. The lowest BCUT2D eigenvalue weighted by molar-refractivity contribution is -0.141. The van der Waals surface area contributed by atoms with Crippen LogP contribution >= 0.6 is 0 Å². The van der Waals surface area contributed by atoms with E-state index in [0.29, 0.717) is 26.1 Å². The highest BCUT2D eigenvalue weighted by molar-refractivity contribution is 7.86. The van der Waals surface area contributed by atoms with Gasteiger partial charge in [0.2, 0.25) is 0 Å². The number of rotatable bonds is 3. The Morgan fingerprint density at radius 3 is 2.27 bits per heavy atom. The van der Waals surface area contributed by atoms with Crippen molar-refractivity contribution in [3.63, 3.8) is 0 Å². The topological polar surface area (TPSA) is 77.9 Å². The molecule has 0 aromatic carbocycles. The molecule has 2 fully saturated rings. The molecule has 0 aromatic rings. The minimum absolute atomic E-state index is 0.119. The zero-order valence-corrected chi connectivity index (χ0v) is 9.11. The molecule has 15 heavy (non-hydrogen) atoms. The molecule has 2 aliphatic heterocycles. The van der Waals surface area contributed by atoms with E-state index in [4.69, 9.17) is 5.11 Å². The molecule has 0 spiro atoms. The van der Waals surface area contributed by atoms with E-state index in [-0.39, 0.29) is 6.54 Å². The lowest BCUT2D eigenvalue weighted by atomic mass is 10.1. The fourth-order valence-corrected chi connectivity index (χ4v) is 3.57. The Morgan fingerprint density at radius 1 is 1.20 bits per heavy atom. The molecule has 86 valence electrons. The van der Waals surface area contributed by atoms with Crippen LogP contribution in [0.25, 0.3) is 0 Å². The third-order valence-electron chi connectivity index (χ3n) is 2.97. The minimum atomic E-state index is -3.37. The van der Waals surface area contributed by atoms with Gasteiger partial charge in [0.15, 0.2) is 0 Å². The van der Waals surface area contributed by atoms with Gasteiger partial charge in [-0.2, -0.15) is 17.0 Å². The van der Waals surface area contributed by atoms with Gasteiger partial charge in [-0.25, -0.2) is 0 Å². The first-order chi connectivity index (χ1) is 7.01. The molecule has 0 aliphatic carbocycles. The van der Waals surface area contributed by atoms with E-state index in [2.05, 4.69) is 0 Å². The summed E-state index contributed by atoms with van der Waals surface area (Å²) in [4.78, 5) is 10.7. The molecule has 2 heterocycles. The second-order valence-electron chi connectivity index (χ2n) is 3.94. The van der Waals surface area contributed by atoms with Crippen LogP contribution in [0.15, 0.2) is 0 Å². The van der Waals surface area contributed by atoms with Gasteiger partial charge < -0.3 is 5.11 Å². The molecule has 0 amide bonds. The van der Waals surface area contributed by atoms with Crippen LogP contribution in [0.3, 0.4) is 0 Å². The van der Waals surface area contributed by atoms with Crippen LogP contribution in [-0.2, 0) is 15.0 Å². The summed E-state index contributed by atoms with van der Waals surface area (Å²) in [5.41, 5.74) is 0. The van der Waals surface area contributed by atoms with Gasteiger partial charge in [-0.1, -0.05) is 0 Å². The predicted octanol–water partition coefficient (Wildman–Crippen LogP) is -0.657. The Kier molecular flexibility index (Phi) is 2.70. The van der Waals surface area contributed by atoms with E-state index in [1.165, 1.54) is 8.61 Å². The summed E-state index contributed by atoms with van der Waals surface area (Å²) in [6, 6.07) is 0. The Balaban J connectivity index is 2.03. The summed E-state index contributed by atoms with van der Waals surface area (Å²) >= 11 is 0. The Bertz CT molecular complexity index is 363. The molecule has 6 nitrogen and oxygen atoms in total. The summed E-state index contributed by atoms with van der Waals surface area (Å²) in [5.74, 6) is -1.45. The average Bonchev–Trinajstić information content (AvgIpc) is 2.46. The largest absolute Gasteiger partial charge is 0.481 e. The number of aliphatic carboxylic acids is 1. The first kappa shape index (κ1) is 10.8. The highest BCUT2D eigenvalue weighted by Crippen LogP contribution is 2.24. The van der Waals surface area contributed by atoms with E-state index in [9.17, 15) is 13.2 Å². The van der Waals surface area contributed by atoms with Gasteiger partial charge in [-0.3, -0.25) is 4.79 Å². The maximum atomic E-state index is 11.8. The van der Waals surface area contributed by atoms with Crippen molar-refractivity contribution in [2.24, 2.45) is 5.92 Å². The standard InChI is InChI=1S/C8H14N2O4S/c11-8(12)7-2-5-10(6-7)15(13,14)9-3-1-4-9/h7H,1-6H2,(H,11,12). The van der Waals surface area contributed by atoms with Gasteiger partial charge in [0.25, 0.3) is 10.2 Å². The normalized spacial score (nSPS) is 28.9. The van der Waals surface area contributed by atoms with E-state index in [1.807, 2.05) is 0 Å². The van der Waals surface area contributed by atoms with Crippen LogP contribution in [0.4, 0.5) is 0 Å². The molecule has 0 aromatic heterocycles. The molecular formula is C8H14N2O4S. The first-order valence-electron chi connectivity index (χ1n) is 5.00. The summed E-state index contributed by atoms with van der Waals surface area (Å²) in [6.07, 6.45) is 1.32. The molecule has 1 atom stereocenters. The van der Waals surface area contributed by atoms with Gasteiger partial charge in [0, 0.05) is 26.2 Å². The second-order valence-corrected chi connectivity index (χ2v) is 5.87. The zero-order valence-electron chi connectivity index (χ0n) is 8.29. The number of nitrogens with zero attached hydrogens (tertiary/aromatic N) is 2. The van der Waals surface area contributed by atoms with Crippen molar-refractivity contribution in [1.82, 2.24) is 8.61 Å². The molecule has 2 aliphatic rings. The molecule has 0 saturated carbocycles. The molecule has 1 N–H and O–H groups in total. The van der Waals surface area contributed by atoms with E-state index in [1.54, 1.807) is 0 Å². The monoisotopic (exact) mass is 234 g/mol. The van der Waals surface area contributed by atoms with Gasteiger partial charge in [-0.05, 0) is 12.8 Å². The van der Waals surface area contributed by atoms with Crippen molar-refractivity contribution in [3.05, 3.63) is 0 Å². The molecule has 0 radical (unpaired) electrons. The van der Waals surface area contributed by atoms with Crippen LogP contribution in [0.5, 0.6) is 0 Å². The number of hydrogen-bond acceptors (Lipinski definition) is 3. The highest BCUT2D eigenvalue weighted by Gasteiger charge is 2.39. The fraction of sp³-hybridized carbons (Fsp3) is 0.875. The molecule has 2 rings (SSSR count). The Hall–Kier alpha value is -0.660. The van der Waals surface area contributed by atoms with Crippen molar-refractivity contribution < 1.29 is 18.3 Å². The van der Waals surface area contributed by atoms with Gasteiger partial charge >= 0.3 is 5.97 Å². The van der Waals surface area contributed by atoms with Crippen LogP contribution in [-0.4, -0.2) is 54.3 Å². The van der Waals surface area contributed by atoms with Crippen molar-refractivity contribution in [1.29, 1.82) is 0 Å². The third-order valence-corrected chi connectivity index (χ3v) is 4.97. The summed E-state index contributed by atoms with van der Waals surface area (Å²) in [7, 11) is -3.37. The smallest absolute Gasteiger partial charge is 0.307 e. The van der Waals surface area contributed by atoms with E-state index in [0.717, 1.165) is 6.42 Å². The van der Waals surface area contributed by atoms with Crippen LogP contribution in [0.1, 0.15) is 12.8 Å². The zero-order chi connectivity index (χ0) is 11.1. The van der Waals surface area contributed by atoms with Crippen LogP contribution < -0.4 is 0 Å². The van der Waals surface area contributed by atoms with Crippen LogP contribution in [0, 0.1) is 5.92 Å². The maximum absolute atomic E-state index is 11.8. The summed E-state index contributed by atoms with van der Waals surface area (Å²) in [5, 5.41) is 8.77. The van der Waals surface area contributed by atoms with Gasteiger partial charge in [-0.15, -0.1) is 0 Å². The average molecular weight is 234 g/mol. The molecule has 1 unspecified atom stereocenters. The number of hydrogen-bond donors (Lipinski definition) is 1. The maximum Gasteiger partial charge on any atom is 0.307 e. The van der Waals surface area contributed by atoms with Crippen molar-refractivity contribution >= 4 is 16.2 Å². The Labute approximate surface area is 88.7 Å². The third kappa shape index (κ3) is 1.86. The minimum Gasteiger partial charge on any atom is -0.481 e. The molecule has 2 saturated heterocycles. The van der Waals surface area contributed by atoms with Crippen molar-refractivity contribution in [3.8, 4) is 0 Å². The summed E-state index contributed by atoms with van der Waals surface area (Å²) < 4.78 is 26.4. The number of carboxylic acid groups (broad SMARTS) is 1. The molecular weight excluding hydrogens is 220 g/mol. The van der Waals surface area contributed by atoms with E-state index >= 15 is 0 Å². The Morgan fingerprint density at radius 2 is 1.87 bits per heavy atom. The lowest BCUT2D eigenvalue weighted by Crippen LogP contribution is -2.49. The van der Waals surface area contributed by atoms with Gasteiger partial charge in [0.05, 0.1) is 5.92 Å². The first-order valence-corrected chi connectivity index (χ1v) is 6.39. The lowest BCUT2D eigenvalue weighted by Gasteiger charge is -2.33. The number of carbonyl (C=O) groups is 1. The van der Waals surface area contributed by atoms with Crippen molar-refractivity contribution in [2.75, 3.05) is 26.2 Å². The van der Waals surface area contributed by atoms with Crippen LogP contribution in [0.2, 0.25) is 0 Å². The highest BCUT2D eigenvalue weighted by atomic mass is 32.2. The van der Waals surface area contributed by atoms with E-state index < -0.39 is 22.1 Å².